The summed E-state index contributed by atoms with van der Waals surface area (Å²) in [7, 11) is 1.28. The Balaban J connectivity index is 2.69. The van der Waals surface area contributed by atoms with Crippen LogP contribution in [-0.2, 0) is 25.5 Å². The second-order valence-electron chi connectivity index (χ2n) is 6.00. The minimum Gasteiger partial charge on any atom is -0.467 e. The molecule has 1 atom stereocenters. The quantitative estimate of drug-likeness (QED) is 0.247. The van der Waals surface area contributed by atoms with Gasteiger partial charge >= 0.3 is 5.97 Å². The van der Waals surface area contributed by atoms with Crippen molar-refractivity contribution in [2.24, 2.45) is 5.73 Å². The Bertz CT molecular complexity index is 655. The number of carbonyl (C=O) groups excluding carboxylic acids is 3. The number of ether oxygens (including phenoxy) is 1. The molecule has 0 heterocycles. The van der Waals surface area contributed by atoms with Crippen molar-refractivity contribution in [1.29, 1.82) is 0 Å². The number of hydrogen-bond donors (Lipinski definition) is 2. The highest BCUT2D eigenvalue weighted by molar-refractivity contribution is 8.00. The number of primary amides is 1. The van der Waals surface area contributed by atoms with Crippen LogP contribution in [0.15, 0.2) is 24.3 Å². The third-order valence-electron chi connectivity index (χ3n) is 3.91. The maximum Gasteiger partial charge on any atom is 0.328 e. The molecule has 0 spiro atoms. The molecule has 2 amide bonds. The number of anilines is 1. The van der Waals surface area contributed by atoms with E-state index in [2.05, 4.69) is 10.2 Å². The number of carbonyl (C=O) groups is 3. The lowest BCUT2D eigenvalue weighted by atomic mass is 10.1. The molecule has 1 aromatic carbocycles. The van der Waals surface area contributed by atoms with Gasteiger partial charge in [-0.2, -0.15) is 11.8 Å². The van der Waals surface area contributed by atoms with Crippen LogP contribution in [0.5, 0.6) is 0 Å². The number of methoxy groups -OCH3 is 1. The van der Waals surface area contributed by atoms with Crippen LogP contribution in [0.25, 0.3) is 0 Å². The molecule has 0 bridgehead atoms. The summed E-state index contributed by atoms with van der Waals surface area (Å²) in [5.74, 6) is 0.0203. The summed E-state index contributed by atoms with van der Waals surface area (Å²) < 4.78 is 4.80. The van der Waals surface area contributed by atoms with Gasteiger partial charge in [-0.15, -0.1) is 23.2 Å². The van der Waals surface area contributed by atoms with Crippen LogP contribution < -0.4 is 16.0 Å². The van der Waals surface area contributed by atoms with Crippen LogP contribution in [0.2, 0.25) is 0 Å². The molecule has 0 aliphatic carbocycles. The fraction of sp³-hybridized carbons (Fsp3) is 0.474. The molecule has 3 N–H and O–H groups in total. The molecule has 1 unspecified atom stereocenters. The normalized spacial score (nSPS) is 11.6. The van der Waals surface area contributed by atoms with E-state index >= 15 is 0 Å². The van der Waals surface area contributed by atoms with Crippen molar-refractivity contribution in [3.8, 4) is 0 Å². The van der Waals surface area contributed by atoms with E-state index in [4.69, 9.17) is 33.7 Å². The molecule has 0 aromatic heterocycles. The van der Waals surface area contributed by atoms with E-state index in [0.717, 1.165) is 11.3 Å². The van der Waals surface area contributed by atoms with Gasteiger partial charge in [-0.05, 0) is 17.7 Å². The van der Waals surface area contributed by atoms with E-state index < -0.39 is 17.9 Å². The largest absolute Gasteiger partial charge is 0.467 e. The van der Waals surface area contributed by atoms with Gasteiger partial charge in [0.05, 0.1) is 19.3 Å². The Kier molecular flexibility index (Phi) is 12.6. The van der Waals surface area contributed by atoms with Gasteiger partial charge in [-0.25, -0.2) is 4.79 Å². The maximum absolute atomic E-state index is 12.1. The smallest absolute Gasteiger partial charge is 0.328 e. The molecule has 29 heavy (non-hydrogen) atoms. The van der Waals surface area contributed by atoms with Crippen LogP contribution in [-0.4, -0.2) is 67.3 Å². The van der Waals surface area contributed by atoms with Crippen LogP contribution >= 0.6 is 35.0 Å². The number of benzene rings is 1. The SMILES string of the molecule is COC(=O)C(Cc1ccc(N(CCCl)CCCl)cc1)NC(=O)CSC[CH]C(N)=O. The summed E-state index contributed by atoms with van der Waals surface area (Å²) >= 11 is 12.9. The van der Waals surface area contributed by atoms with E-state index in [0.29, 0.717) is 37.0 Å². The molecular weight excluding hydrogens is 437 g/mol. The number of esters is 1. The third-order valence-corrected chi connectivity index (χ3v) is 5.11. The number of nitrogens with one attached hydrogen (secondary N) is 1. The average molecular weight is 463 g/mol. The van der Waals surface area contributed by atoms with Gasteiger partial charge in [-0.3, -0.25) is 9.59 Å². The van der Waals surface area contributed by atoms with Gasteiger partial charge in [0.15, 0.2) is 0 Å². The predicted octanol–water partition coefficient (Wildman–Crippen LogP) is 1.59. The number of nitrogens with zero attached hydrogens (tertiary/aromatic N) is 1. The molecular formula is C19H26Cl2N3O4S. The monoisotopic (exact) mass is 462 g/mol. The van der Waals surface area contributed by atoms with E-state index in [1.807, 2.05) is 24.3 Å². The second kappa shape index (κ2) is 14.4. The fourth-order valence-electron chi connectivity index (χ4n) is 2.52. The number of amides is 2. The number of hydrogen-bond acceptors (Lipinski definition) is 6. The average Bonchev–Trinajstić information content (AvgIpc) is 2.70. The van der Waals surface area contributed by atoms with Gasteiger partial charge in [0, 0.05) is 42.7 Å². The molecule has 0 saturated heterocycles. The second-order valence-corrected chi connectivity index (χ2v) is 7.79. The zero-order valence-electron chi connectivity index (χ0n) is 16.2. The fourth-order valence-corrected chi connectivity index (χ4v) is 3.59. The van der Waals surface area contributed by atoms with Crippen LogP contribution in [0.1, 0.15) is 5.56 Å². The van der Waals surface area contributed by atoms with E-state index in [1.165, 1.54) is 25.3 Å². The lowest BCUT2D eigenvalue weighted by molar-refractivity contribution is -0.144. The molecule has 0 aliphatic heterocycles. The Morgan fingerprint density at radius 3 is 2.34 bits per heavy atom. The van der Waals surface area contributed by atoms with Crippen molar-refractivity contribution in [3.05, 3.63) is 36.2 Å². The summed E-state index contributed by atoms with van der Waals surface area (Å²) in [6, 6.07) is 6.84. The molecule has 7 nitrogen and oxygen atoms in total. The molecule has 10 heteroatoms. The summed E-state index contributed by atoms with van der Waals surface area (Å²) in [4.78, 5) is 36.9. The molecule has 0 saturated carbocycles. The first kappa shape index (κ1) is 25.4. The van der Waals surface area contributed by atoms with Gasteiger partial charge in [0.1, 0.15) is 6.04 Å². The van der Waals surface area contributed by atoms with Crippen molar-refractivity contribution in [3.63, 3.8) is 0 Å². The molecule has 1 aromatic rings. The van der Waals surface area contributed by atoms with Crippen molar-refractivity contribution in [2.75, 3.05) is 48.4 Å². The van der Waals surface area contributed by atoms with Crippen molar-refractivity contribution in [1.82, 2.24) is 5.32 Å². The summed E-state index contributed by atoms with van der Waals surface area (Å²) in [6.45, 7) is 1.36. The topological polar surface area (TPSA) is 102 Å². The summed E-state index contributed by atoms with van der Waals surface area (Å²) in [6.07, 6.45) is 1.58. The van der Waals surface area contributed by atoms with Crippen LogP contribution in [0, 0.1) is 6.42 Å². The van der Waals surface area contributed by atoms with Gasteiger partial charge in [-0.1, -0.05) is 12.1 Å². The number of thioether (sulfide) groups is 1. The van der Waals surface area contributed by atoms with Crippen LogP contribution in [0.3, 0.4) is 0 Å². The van der Waals surface area contributed by atoms with Crippen molar-refractivity contribution < 1.29 is 19.1 Å². The van der Waals surface area contributed by atoms with E-state index in [1.54, 1.807) is 0 Å². The Labute approximate surface area is 185 Å². The number of halogens is 2. The van der Waals surface area contributed by atoms with Crippen molar-refractivity contribution in [2.45, 2.75) is 12.5 Å². The Morgan fingerprint density at radius 1 is 1.21 bits per heavy atom. The minimum absolute atomic E-state index is 0.0992. The molecule has 0 fully saturated rings. The number of nitrogens with two attached hydrogens (primary N) is 1. The Hall–Kier alpha value is -1.64. The van der Waals surface area contributed by atoms with Crippen molar-refractivity contribution >= 4 is 58.4 Å². The first-order chi connectivity index (χ1) is 13.9. The zero-order valence-corrected chi connectivity index (χ0v) is 18.6. The standard InChI is InChI=1S/C19H26Cl2N3O4S/c1-28-19(27)16(23-18(26)13-29-11-6-17(22)25)12-14-2-4-15(5-3-14)24(9-7-20)10-8-21/h2-6,16H,7-13H2,1H3,(H2,22,25)(H,23,26). The first-order valence-electron chi connectivity index (χ1n) is 8.94. The zero-order chi connectivity index (χ0) is 21.6. The number of rotatable bonds is 14. The minimum atomic E-state index is -0.805. The molecule has 0 aliphatic rings. The predicted molar refractivity (Wildman–Crippen MR) is 119 cm³/mol. The van der Waals surface area contributed by atoms with Gasteiger partial charge in [0.2, 0.25) is 11.8 Å². The van der Waals surface area contributed by atoms with E-state index in [9.17, 15) is 14.4 Å². The highest BCUT2D eigenvalue weighted by Crippen LogP contribution is 2.17. The van der Waals surface area contributed by atoms with E-state index in [-0.39, 0.29) is 11.7 Å². The highest BCUT2D eigenvalue weighted by Gasteiger charge is 2.22. The molecule has 1 rings (SSSR count). The summed E-state index contributed by atoms with van der Waals surface area (Å²) in [5.41, 5.74) is 6.86. The maximum atomic E-state index is 12.1. The summed E-state index contributed by atoms with van der Waals surface area (Å²) in [5, 5.41) is 2.67. The first-order valence-corrected chi connectivity index (χ1v) is 11.2. The lowest BCUT2D eigenvalue weighted by Gasteiger charge is -2.23. The number of alkyl halides is 2. The molecule has 161 valence electrons. The van der Waals surface area contributed by atoms with Gasteiger partial charge in [0.25, 0.3) is 0 Å². The Morgan fingerprint density at radius 2 is 1.83 bits per heavy atom. The van der Waals surface area contributed by atoms with Crippen LogP contribution in [0.4, 0.5) is 5.69 Å². The molecule has 1 radical (unpaired) electrons. The highest BCUT2D eigenvalue weighted by atomic mass is 35.5. The lowest BCUT2D eigenvalue weighted by Crippen LogP contribution is -2.43. The van der Waals surface area contributed by atoms with Gasteiger partial charge < -0.3 is 20.7 Å². The third kappa shape index (κ3) is 10.1.